The Bertz CT molecular complexity index is 586. The van der Waals surface area contributed by atoms with Gasteiger partial charge in [0.25, 0.3) is 0 Å². The lowest BCUT2D eigenvalue weighted by atomic mass is 10.0. The van der Waals surface area contributed by atoms with Crippen molar-refractivity contribution in [2.24, 2.45) is 0 Å². The lowest BCUT2D eigenvalue weighted by Crippen LogP contribution is -2.33. The number of nitrogens with one attached hydrogen (secondary N) is 1. The fraction of sp³-hybridized carbons (Fsp3) is 0.316. The Morgan fingerprint density at radius 3 is 2.35 bits per heavy atom. The Morgan fingerprint density at radius 1 is 1.09 bits per heavy atom. The van der Waals surface area contributed by atoms with E-state index in [1.165, 1.54) is 0 Å². The smallest absolute Gasteiger partial charge is 0.338 e. The third kappa shape index (κ3) is 5.51. The minimum atomic E-state index is -0.553. The third-order valence-corrected chi connectivity index (χ3v) is 3.64. The van der Waals surface area contributed by atoms with Crippen LogP contribution >= 0.6 is 0 Å². The van der Waals surface area contributed by atoms with Crippen molar-refractivity contribution in [3.05, 3.63) is 71.8 Å². The molecule has 0 heterocycles. The lowest BCUT2D eigenvalue weighted by molar-refractivity contribution is 0.0497. The maximum absolute atomic E-state index is 11.8. The molecule has 0 fully saturated rings. The quantitative estimate of drug-likeness (QED) is 0.581. The molecule has 2 aromatic rings. The van der Waals surface area contributed by atoms with Crippen LogP contribution in [0.15, 0.2) is 60.7 Å². The molecule has 0 radical (unpaired) electrons. The molecule has 2 rings (SSSR count). The Kier molecular flexibility index (Phi) is 6.78. The van der Waals surface area contributed by atoms with E-state index in [-0.39, 0.29) is 12.0 Å². The highest BCUT2D eigenvalue weighted by Crippen LogP contribution is 2.15. The lowest BCUT2D eigenvalue weighted by Gasteiger charge is -2.20. The van der Waals surface area contributed by atoms with Crippen LogP contribution < -0.4 is 5.32 Å². The van der Waals surface area contributed by atoms with E-state index < -0.39 is 6.10 Å². The number of esters is 1. The number of hydrogen-bond donors (Lipinski definition) is 2. The molecule has 0 aliphatic carbocycles. The fourth-order valence-electron chi connectivity index (χ4n) is 2.27. The molecule has 0 spiro atoms. The highest BCUT2D eigenvalue weighted by atomic mass is 16.5. The highest BCUT2D eigenvalue weighted by Gasteiger charge is 2.15. The highest BCUT2D eigenvalue weighted by molar-refractivity contribution is 5.89. The predicted octanol–water partition coefficient (Wildman–Crippen LogP) is 2.95. The molecule has 4 nitrogen and oxygen atoms in total. The zero-order valence-corrected chi connectivity index (χ0v) is 13.3. The molecule has 2 aromatic carbocycles. The molecular formula is C19H23NO3. The molecule has 2 unspecified atom stereocenters. The van der Waals surface area contributed by atoms with E-state index in [2.05, 4.69) is 5.32 Å². The van der Waals surface area contributed by atoms with Crippen LogP contribution in [0.25, 0.3) is 0 Å². The molecule has 0 bridgehead atoms. The number of rotatable bonds is 8. The molecule has 122 valence electrons. The molecule has 0 aliphatic rings. The van der Waals surface area contributed by atoms with Gasteiger partial charge in [0.05, 0.1) is 18.3 Å². The maximum Gasteiger partial charge on any atom is 0.338 e. The van der Waals surface area contributed by atoms with Crippen molar-refractivity contribution >= 4 is 5.97 Å². The number of ether oxygens (including phenoxy) is 1. The monoisotopic (exact) mass is 313 g/mol. The van der Waals surface area contributed by atoms with Gasteiger partial charge >= 0.3 is 5.97 Å². The van der Waals surface area contributed by atoms with Gasteiger partial charge in [0.15, 0.2) is 0 Å². The van der Waals surface area contributed by atoms with Gasteiger partial charge in [0.1, 0.15) is 0 Å². The summed E-state index contributed by atoms with van der Waals surface area (Å²) in [7, 11) is 0. The van der Waals surface area contributed by atoms with Gasteiger partial charge in [-0.1, -0.05) is 48.5 Å². The van der Waals surface area contributed by atoms with E-state index in [0.717, 1.165) is 5.56 Å². The van der Waals surface area contributed by atoms with Crippen molar-refractivity contribution in [3.8, 4) is 0 Å². The number of benzene rings is 2. The Hall–Kier alpha value is -2.17. The zero-order valence-electron chi connectivity index (χ0n) is 13.3. The van der Waals surface area contributed by atoms with E-state index in [1.54, 1.807) is 12.1 Å². The van der Waals surface area contributed by atoms with Crippen molar-refractivity contribution in [1.82, 2.24) is 5.32 Å². The predicted molar refractivity (Wildman–Crippen MR) is 90.2 cm³/mol. The molecule has 0 aliphatic heterocycles. The SMILES string of the molecule is CC(NCCCOC(=O)c1ccccc1)C(O)c1ccccc1. The van der Waals surface area contributed by atoms with Gasteiger partial charge in [0, 0.05) is 6.04 Å². The maximum atomic E-state index is 11.8. The minimum absolute atomic E-state index is 0.0674. The van der Waals surface area contributed by atoms with E-state index >= 15 is 0 Å². The van der Waals surface area contributed by atoms with E-state index in [4.69, 9.17) is 4.74 Å². The van der Waals surface area contributed by atoms with Crippen LogP contribution in [-0.2, 0) is 4.74 Å². The summed E-state index contributed by atoms with van der Waals surface area (Å²) in [4.78, 5) is 11.8. The van der Waals surface area contributed by atoms with Crippen LogP contribution in [0, 0.1) is 0 Å². The molecule has 4 heteroatoms. The van der Waals surface area contributed by atoms with Gasteiger partial charge < -0.3 is 15.2 Å². The molecule has 0 saturated heterocycles. The zero-order chi connectivity index (χ0) is 16.5. The van der Waals surface area contributed by atoms with Crippen molar-refractivity contribution < 1.29 is 14.6 Å². The summed E-state index contributed by atoms with van der Waals surface area (Å²) >= 11 is 0. The number of hydrogen-bond acceptors (Lipinski definition) is 4. The first kappa shape index (κ1) is 17.2. The van der Waals surface area contributed by atoms with Gasteiger partial charge in [-0.2, -0.15) is 0 Å². The molecule has 2 atom stereocenters. The summed E-state index contributed by atoms with van der Waals surface area (Å²) in [5.74, 6) is -0.303. The summed E-state index contributed by atoms with van der Waals surface area (Å²) < 4.78 is 5.21. The molecular weight excluding hydrogens is 290 g/mol. The van der Waals surface area contributed by atoms with E-state index in [0.29, 0.717) is 25.1 Å². The molecule has 0 amide bonds. The van der Waals surface area contributed by atoms with Crippen LogP contribution in [0.1, 0.15) is 35.4 Å². The molecule has 0 aromatic heterocycles. The normalized spacial score (nSPS) is 13.3. The summed E-state index contributed by atoms with van der Waals surface area (Å²) in [6, 6.07) is 18.4. The van der Waals surface area contributed by atoms with Gasteiger partial charge in [-0.05, 0) is 37.6 Å². The average molecular weight is 313 g/mol. The van der Waals surface area contributed by atoms with Crippen LogP contribution in [0.4, 0.5) is 0 Å². The number of carbonyl (C=O) groups excluding carboxylic acids is 1. The topological polar surface area (TPSA) is 58.6 Å². The average Bonchev–Trinajstić information content (AvgIpc) is 2.62. The van der Waals surface area contributed by atoms with Gasteiger partial charge in [-0.15, -0.1) is 0 Å². The second-order valence-electron chi connectivity index (χ2n) is 5.45. The van der Waals surface area contributed by atoms with Gasteiger partial charge in [-0.25, -0.2) is 4.79 Å². The first-order chi connectivity index (χ1) is 11.2. The largest absolute Gasteiger partial charge is 0.462 e. The van der Waals surface area contributed by atoms with Crippen LogP contribution in [0.3, 0.4) is 0 Å². The number of carbonyl (C=O) groups is 1. The first-order valence-corrected chi connectivity index (χ1v) is 7.87. The van der Waals surface area contributed by atoms with Gasteiger partial charge in [0.2, 0.25) is 0 Å². The second-order valence-corrected chi connectivity index (χ2v) is 5.45. The van der Waals surface area contributed by atoms with Crippen molar-refractivity contribution in [2.45, 2.75) is 25.5 Å². The van der Waals surface area contributed by atoms with Crippen molar-refractivity contribution in [1.29, 1.82) is 0 Å². The van der Waals surface area contributed by atoms with Crippen LogP contribution in [0.5, 0.6) is 0 Å². The van der Waals surface area contributed by atoms with E-state index in [9.17, 15) is 9.90 Å². The number of aliphatic hydroxyl groups is 1. The third-order valence-electron chi connectivity index (χ3n) is 3.64. The van der Waals surface area contributed by atoms with Crippen molar-refractivity contribution in [3.63, 3.8) is 0 Å². The summed E-state index contributed by atoms with van der Waals surface area (Å²) in [5, 5.41) is 13.5. The Morgan fingerprint density at radius 2 is 1.70 bits per heavy atom. The van der Waals surface area contributed by atoms with E-state index in [1.807, 2.05) is 55.5 Å². The Labute approximate surface area is 137 Å². The van der Waals surface area contributed by atoms with Crippen LogP contribution in [0.2, 0.25) is 0 Å². The molecule has 23 heavy (non-hydrogen) atoms. The fourth-order valence-corrected chi connectivity index (χ4v) is 2.27. The second kappa shape index (κ2) is 9.08. The van der Waals surface area contributed by atoms with Crippen molar-refractivity contribution in [2.75, 3.05) is 13.2 Å². The molecule has 2 N–H and O–H groups in total. The van der Waals surface area contributed by atoms with Gasteiger partial charge in [-0.3, -0.25) is 0 Å². The summed E-state index contributed by atoms with van der Waals surface area (Å²) in [5.41, 5.74) is 1.45. The first-order valence-electron chi connectivity index (χ1n) is 7.87. The summed E-state index contributed by atoms with van der Waals surface area (Å²) in [6.07, 6.45) is 0.146. The molecule has 0 saturated carbocycles. The number of aliphatic hydroxyl groups excluding tert-OH is 1. The minimum Gasteiger partial charge on any atom is -0.462 e. The van der Waals surface area contributed by atoms with Crippen LogP contribution in [-0.4, -0.2) is 30.3 Å². The Balaban J connectivity index is 1.64. The summed E-state index contributed by atoms with van der Waals surface area (Å²) in [6.45, 7) is 2.97. The standard InChI is InChI=1S/C19H23NO3/c1-15(18(21)16-9-4-2-5-10-16)20-13-8-14-23-19(22)17-11-6-3-7-12-17/h2-7,9-12,15,18,20-21H,8,13-14H2,1H3.